The van der Waals surface area contributed by atoms with E-state index in [1.54, 1.807) is 6.20 Å². The van der Waals surface area contributed by atoms with Crippen LogP contribution in [0.15, 0.2) is 17.6 Å². The highest BCUT2D eigenvalue weighted by Crippen LogP contribution is 2.31. The third kappa shape index (κ3) is 3.40. The van der Waals surface area contributed by atoms with Gasteiger partial charge in [0.05, 0.1) is 18.3 Å². The smallest absolute Gasteiger partial charge is 0.231 e. The van der Waals surface area contributed by atoms with Gasteiger partial charge in [-0.25, -0.2) is 15.0 Å². The summed E-state index contributed by atoms with van der Waals surface area (Å²) in [7, 11) is 0. The number of nitrogens with zero attached hydrogens (tertiary/aromatic N) is 4. The van der Waals surface area contributed by atoms with Crippen LogP contribution in [0.25, 0.3) is 0 Å². The number of anilines is 2. The zero-order valence-corrected chi connectivity index (χ0v) is 13.1. The average molecular weight is 318 g/mol. The minimum absolute atomic E-state index is 0.117. The van der Waals surface area contributed by atoms with E-state index in [9.17, 15) is 4.79 Å². The lowest BCUT2D eigenvalue weighted by Crippen LogP contribution is -2.33. The van der Waals surface area contributed by atoms with Crippen molar-refractivity contribution in [3.63, 3.8) is 0 Å². The number of aromatic nitrogens is 3. The lowest BCUT2D eigenvalue weighted by molar-refractivity contribution is -0.119. The van der Waals surface area contributed by atoms with E-state index in [1.807, 2.05) is 18.4 Å². The largest absolute Gasteiger partial charge is 0.369 e. The van der Waals surface area contributed by atoms with Gasteiger partial charge in [-0.3, -0.25) is 9.69 Å². The molecule has 1 saturated heterocycles. The number of amides is 1. The Morgan fingerprint density at radius 1 is 1.55 bits per heavy atom. The number of hydrogen-bond donors (Lipinski definition) is 2. The molecule has 1 aliphatic heterocycles. The third-order valence-corrected chi connectivity index (χ3v) is 4.28. The summed E-state index contributed by atoms with van der Waals surface area (Å²) >= 11 is 1.52. The zero-order chi connectivity index (χ0) is 15.5. The number of carbonyl (C=O) groups is 1. The highest BCUT2D eigenvalue weighted by Gasteiger charge is 2.28. The molecule has 2 aromatic heterocycles. The second kappa shape index (κ2) is 6.37. The fourth-order valence-electron chi connectivity index (χ4n) is 2.77. The van der Waals surface area contributed by atoms with E-state index in [-0.39, 0.29) is 18.5 Å². The maximum atomic E-state index is 11.2. The summed E-state index contributed by atoms with van der Waals surface area (Å²) in [5.74, 6) is 1.12. The van der Waals surface area contributed by atoms with E-state index in [0.717, 1.165) is 36.0 Å². The van der Waals surface area contributed by atoms with E-state index in [2.05, 4.69) is 25.2 Å². The van der Waals surface area contributed by atoms with Crippen LogP contribution < -0.4 is 11.1 Å². The molecule has 0 aromatic carbocycles. The first-order valence-corrected chi connectivity index (χ1v) is 8.04. The third-order valence-electron chi connectivity index (χ3n) is 3.59. The van der Waals surface area contributed by atoms with Crippen LogP contribution in [0, 0.1) is 6.92 Å². The molecule has 22 heavy (non-hydrogen) atoms. The Labute approximate surface area is 132 Å². The standard InChI is InChI=1S/C14H18N6OS/c1-9-17-10(11-3-2-5-20(11)8-12(15)21)7-13(18-9)19-14-16-4-6-22-14/h4,6-7,11H,2-3,5,8H2,1H3,(H2,15,21)(H,16,17,18,19). The van der Waals surface area contributed by atoms with E-state index < -0.39 is 0 Å². The van der Waals surface area contributed by atoms with Crippen LogP contribution in [0.5, 0.6) is 0 Å². The Morgan fingerprint density at radius 2 is 2.41 bits per heavy atom. The van der Waals surface area contributed by atoms with Gasteiger partial charge in [0.2, 0.25) is 5.91 Å². The van der Waals surface area contributed by atoms with Crippen LogP contribution in [-0.2, 0) is 4.79 Å². The normalized spacial score (nSPS) is 18.5. The lowest BCUT2D eigenvalue weighted by Gasteiger charge is -2.23. The highest BCUT2D eigenvalue weighted by atomic mass is 32.1. The Bertz CT molecular complexity index is 659. The number of primary amides is 1. The molecule has 2 aromatic rings. The van der Waals surface area contributed by atoms with Gasteiger partial charge in [-0.2, -0.15) is 0 Å². The van der Waals surface area contributed by atoms with Crippen molar-refractivity contribution in [3.8, 4) is 0 Å². The maximum Gasteiger partial charge on any atom is 0.231 e. The molecule has 0 bridgehead atoms. The molecule has 1 fully saturated rings. The molecule has 0 radical (unpaired) electrons. The van der Waals surface area contributed by atoms with Crippen molar-refractivity contribution in [1.82, 2.24) is 19.9 Å². The van der Waals surface area contributed by atoms with Gasteiger partial charge in [-0.1, -0.05) is 0 Å². The number of likely N-dealkylation sites (tertiary alicyclic amines) is 1. The SMILES string of the molecule is Cc1nc(Nc2nccs2)cc(C2CCCN2CC(N)=O)n1. The Hall–Kier alpha value is -2.06. The summed E-state index contributed by atoms with van der Waals surface area (Å²) in [4.78, 5) is 26.4. The molecule has 7 nitrogen and oxygen atoms in total. The van der Waals surface area contributed by atoms with Crippen LogP contribution in [0.4, 0.5) is 10.9 Å². The number of aryl methyl sites for hydroxylation is 1. The van der Waals surface area contributed by atoms with Gasteiger partial charge in [0.1, 0.15) is 11.6 Å². The average Bonchev–Trinajstić information content (AvgIpc) is 3.09. The van der Waals surface area contributed by atoms with Gasteiger partial charge in [-0.05, 0) is 26.3 Å². The minimum atomic E-state index is -0.307. The summed E-state index contributed by atoms with van der Waals surface area (Å²) in [6, 6.07) is 2.05. The minimum Gasteiger partial charge on any atom is -0.369 e. The predicted octanol–water partition coefficient (Wildman–Crippen LogP) is 1.61. The molecule has 3 N–H and O–H groups in total. The van der Waals surface area contributed by atoms with Crippen molar-refractivity contribution in [2.45, 2.75) is 25.8 Å². The van der Waals surface area contributed by atoms with E-state index in [1.165, 1.54) is 11.3 Å². The van der Waals surface area contributed by atoms with Crippen molar-refractivity contribution in [1.29, 1.82) is 0 Å². The van der Waals surface area contributed by atoms with E-state index >= 15 is 0 Å². The van der Waals surface area contributed by atoms with Gasteiger partial charge >= 0.3 is 0 Å². The first kappa shape index (κ1) is 14.9. The molecule has 8 heteroatoms. The number of nitrogens with two attached hydrogens (primary N) is 1. The fourth-order valence-corrected chi connectivity index (χ4v) is 3.31. The summed E-state index contributed by atoms with van der Waals surface area (Å²) in [5, 5.41) is 5.89. The lowest BCUT2D eigenvalue weighted by atomic mass is 10.1. The summed E-state index contributed by atoms with van der Waals surface area (Å²) in [6.45, 7) is 3.00. The molecular formula is C14H18N6OS. The van der Waals surface area contributed by atoms with Gasteiger partial charge in [0.25, 0.3) is 0 Å². The van der Waals surface area contributed by atoms with Crippen molar-refractivity contribution in [2.24, 2.45) is 5.73 Å². The molecule has 0 saturated carbocycles. The van der Waals surface area contributed by atoms with Gasteiger partial charge in [0, 0.05) is 17.6 Å². The summed E-state index contributed by atoms with van der Waals surface area (Å²) in [6.07, 6.45) is 3.75. The van der Waals surface area contributed by atoms with Crippen molar-refractivity contribution in [2.75, 3.05) is 18.4 Å². The molecule has 1 aliphatic rings. The van der Waals surface area contributed by atoms with Crippen molar-refractivity contribution < 1.29 is 4.79 Å². The van der Waals surface area contributed by atoms with Gasteiger partial charge in [-0.15, -0.1) is 11.3 Å². The number of hydrogen-bond acceptors (Lipinski definition) is 7. The topological polar surface area (TPSA) is 97.0 Å². The molecular weight excluding hydrogens is 300 g/mol. The number of rotatable bonds is 5. The summed E-state index contributed by atoms with van der Waals surface area (Å²) in [5.41, 5.74) is 6.25. The molecule has 116 valence electrons. The van der Waals surface area contributed by atoms with E-state index in [4.69, 9.17) is 5.73 Å². The molecule has 3 heterocycles. The quantitative estimate of drug-likeness (QED) is 0.869. The maximum absolute atomic E-state index is 11.2. The predicted molar refractivity (Wildman–Crippen MR) is 84.9 cm³/mol. The molecule has 0 spiro atoms. The van der Waals surface area contributed by atoms with Gasteiger partial charge < -0.3 is 11.1 Å². The van der Waals surface area contributed by atoms with Crippen LogP contribution in [0.2, 0.25) is 0 Å². The second-order valence-electron chi connectivity index (χ2n) is 5.28. The summed E-state index contributed by atoms with van der Waals surface area (Å²) < 4.78 is 0. The molecule has 1 unspecified atom stereocenters. The van der Waals surface area contributed by atoms with Crippen LogP contribution >= 0.6 is 11.3 Å². The van der Waals surface area contributed by atoms with Crippen LogP contribution in [0.1, 0.15) is 30.4 Å². The van der Waals surface area contributed by atoms with Crippen molar-refractivity contribution >= 4 is 28.2 Å². The van der Waals surface area contributed by atoms with E-state index in [0.29, 0.717) is 5.82 Å². The first-order chi connectivity index (χ1) is 10.6. The Balaban J connectivity index is 1.83. The van der Waals surface area contributed by atoms with Crippen LogP contribution in [0.3, 0.4) is 0 Å². The van der Waals surface area contributed by atoms with Gasteiger partial charge in [0.15, 0.2) is 5.13 Å². The molecule has 3 rings (SSSR count). The molecule has 1 amide bonds. The number of nitrogens with one attached hydrogen (secondary N) is 1. The fraction of sp³-hybridized carbons (Fsp3) is 0.429. The molecule has 0 aliphatic carbocycles. The monoisotopic (exact) mass is 318 g/mol. The second-order valence-corrected chi connectivity index (χ2v) is 6.18. The number of thiazole rings is 1. The molecule has 1 atom stereocenters. The highest BCUT2D eigenvalue weighted by molar-refractivity contribution is 7.13. The van der Waals surface area contributed by atoms with Crippen LogP contribution in [-0.4, -0.2) is 38.8 Å². The number of carbonyl (C=O) groups excluding carboxylic acids is 1. The Kier molecular flexibility index (Phi) is 4.30. The van der Waals surface area contributed by atoms with Crippen molar-refractivity contribution in [3.05, 3.63) is 29.2 Å². The first-order valence-electron chi connectivity index (χ1n) is 7.16. The Morgan fingerprint density at radius 3 is 3.14 bits per heavy atom. The zero-order valence-electron chi connectivity index (χ0n) is 12.3.